The van der Waals surface area contributed by atoms with Gasteiger partial charge in [0, 0.05) is 11.3 Å². The molecule has 4 N–H and O–H groups in total. The summed E-state index contributed by atoms with van der Waals surface area (Å²) in [5, 5.41) is 21.4. The first-order valence-electron chi connectivity index (χ1n) is 11.6. The number of hydrogen-bond donors (Lipinski definition) is 4. The van der Waals surface area contributed by atoms with E-state index in [9.17, 15) is 39.7 Å². The van der Waals surface area contributed by atoms with Gasteiger partial charge in [0.2, 0.25) is 0 Å². The highest BCUT2D eigenvalue weighted by atomic mass is 32.3. The van der Waals surface area contributed by atoms with Crippen LogP contribution in [0.15, 0.2) is 98.9 Å². The van der Waals surface area contributed by atoms with Crippen molar-refractivity contribution in [2.75, 3.05) is 17.7 Å². The molecule has 0 saturated heterocycles. The van der Waals surface area contributed by atoms with Gasteiger partial charge in [-0.3, -0.25) is 13.9 Å². The first-order valence-corrected chi connectivity index (χ1v) is 16.1. The monoisotopic (exact) mass is 635 g/mol. The molecule has 1 amide bonds. The van der Waals surface area contributed by atoms with E-state index in [1.807, 2.05) is 0 Å². The van der Waals surface area contributed by atoms with E-state index in [0.717, 1.165) is 6.07 Å². The van der Waals surface area contributed by atoms with E-state index >= 15 is 0 Å². The second kappa shape index (κ2) is 11.9. The van der Waals surface area contributed by atoms with E-state index in [4.69, 9.17) is 4.55 Å². The van der Waals surface area contributed by atoms with Crippen LogP contribution < -0.4 is 5.32 Å². The molecule has 0 spiro atoms. The average Bonchev–Trinajstić information content (AvgIpc) is 2.91. The lowest BCUT2D eigenvalue weighted by atomic mass is 10.1. The SMILES string of the molecule is O=C(Nc1cc(N=Nc2ccccc2)c2c(O)c(S(=O)(=O)CCOS(=O)(=O)O)c(S(=O)(=O)O)cc2c1)c1ccccc1. The number of hydrogen-bond acceptors (Lipinski definition) is 11. The van der Waals surface area contributed by atoms with Crippen LogP contribution in [0.5, 0.6) is 5.75 Å². The smallest absolute Gasteiger partial charge is 0.397 e. The number of benzene rings is 4. The normalized spacial score (nSPS) is 12.5. The number of phenolic OH excluding ortho intramolecular Hbond substituents is 1. The van der Waals surface area contributed by atoms with Crippen molar-refractivity contribution in [3.05, 3.63) is 84.4 Å². The molecule has 0 aliphatic heterocycles. The first kappa shape index (κ1) is 30.7. The molecule has 0 saturated carbocycles. The molecule has 42 heavy (non-hydrogen) atoms. The average molecular weight is 636 g/mol. The summed E-state index contributed by atoms with van der Waals surface area (Å²) in [6, 6.07) is 19.5. The number of fused-ring (bicyclic) bond motifs is 1. The topological polar surface area (TPSA) is 226 Å². The van der Waals surface area contributed by atoms with Crippen LogP contribution >= 0.6 is 0 Å². The molecule has 4 rings (SSSR count). The molecular weight excluding hydrogens is 614 g/mol. The zero-order valence-electron chi connectivity index (χ0n) is 21.1. The van der Waals surface area contributed by atoms with Gasteiger partial charge in [0.15, 0.2) is 9.84 Å². The lowest BCUT2D eigenvalue weighted by molar-refractivity contribution is 0.102. The van der Waals surface area contributed by atoms with E-state index in [1.54, 1.807) is 48.5 Å². The second-order valence-corrected chi connectivity index (χ2v) is 13.1. The molecule has 0 atom stereocenters. The standard InChI is InChI=1S/C25H21N3O11S3/c29-23-22-17(14-21(41(33,34)35)24(23)40(31,32)12-11-39-42(36,37)38)13-19(26-25(30)16-7-3-1-4-8-16)15-20(22)28-27-18-9-5-2-6-10-18/h1-10,13-15,29H,11-12H2,(H,26,30)(H,33,34,35)(H,36,37,38). The highest BCUT2D eigenvalue weighted by Gasteiger charge is 2.32. The molecule has 0 aliphatic rings. The molecule has 4 aromatic carbocycles. The zero-order valence-corrected chi connectivity index (χ0v) is 23.6. The van der Waals surface area contributed by atoms with E-state index < -0.39 is 64.2 Å². The Hall–Kier alpha value is -4.26. The quantitative estimate of drug-likeness (QED) is 0.143. The first-order chi connectivity index (χ1) is 19.7. The number of nitrogens with zero attached hydrogens (tertiary/aromatic N) is 2. The molecule has 0 unspecified atom stereocenters. The van der Waals surface area contributed by atoms with E-state index in [1.165, 1.54) is 24.3 Å². The van der Waals surface area contributed by atoms with Gasteiger partial charge in [-0.15, -0.1) is 5.11 Å². The third-order valence-electron chi connectivity index (χ3n) is 5.61. The Balaban J connectivity index is 1.95. The molecule has 0 radical (unpaired) electrons. The molecule has 220 valence electrons. The lowest BCUT2D eigenvalue weighted by Gasteiger charge is -2.15. The summed E-state index contributed by atoms with van der Waals surface area (Å²) in [7, 11) is -15.3. The van der Waals surface area contributed by atoms with Gasteiger partial charge in [-0.1, -0.05) is 36.4 Å². The lowest BCUT2D eigenvalue weighted by Crippen LogP contribution is -2.18. The molecule has 0 heterocycles. The Morgan fingerprint density at radius 1 is 0.833 bits per heavy atom. The van der Waals surface area contributed by atoms with Crippen molar-refractivity contribution in [2.45, 2.75) is 9.79 Å². The van der Waals surface area contributed by atoms with Gasteiger partial charge in [0.05, 0.1) is 29.1 Å². The maximum atomic E-state index is 13.1. The van der Waals surface area contributed by atoms with E-state index in [0.29, 0.717) is 5.69 Å². The molecule has 14 nitrogen and oxygen atoms in total. The van der Waals surface area contributed by atoms with Crippen molar-refractivity contribution in [1.82, 2.24) is 0 Å². The number of rotatable bonds is 10. The molecular formula is C25H21N3O11S3. The van der Waals surface area contributed by atoms with Gasteiger partial charge in [-0.25, -0.2) is 12.6 Å². The fourth-order valence-corrected chi connectivity index (χ4v) is 6.82. The second-order valence-electron chi connectivity index (χ2n) is 8.55. The van der Waals surface area contributed by atoms with Gasteiger partial charge in [-0.2, -0.15) is 21.9 Å². The summed E-state index contributed by atoms with van der Waals surface area (Å²) in [5.74, 6) is -2.94. The summed E-state index contributed by atoms with van der Waals surface area (Å²) in [5.41, 5.74) is 0.481. The Labute approximate surface area is 239 Å². The van der Waals surface area contributed by atoms with Crippen molar-refractivity contribution in [2.24, 2.45) is 10.2 Å². The van der Waals surface area contributed by atoms with E-state index in [-0.39, 0.29) is 27.7 Å². The number of amides is 1. The van der Waals surface area contributed by atoms with Gasteiger partial charge in [0.25, 0.3) is 16.0 Å². The number of sulfone groups is 1. The predicted molar refractivity (Wildman–Crippen MR) is 150 cm³/mol. The zero-order chi connectivity index (χ0) is 30.7. The van der Waals surface area contributed by atoms with Crippen LogP contribution in [-0.4, -0.2) is 57.7 Å². The van der Waals surface area contributed by atoms with Gasteiger partial charge >= 0.3 is 10.4 Å². The number of aromatic hydroxyl groups is 1. The minimum absolute atomic E-state index is 0.0520. The maximum absolute atomic E-state index is 13.1. The third kappa shape index (κ3) is 7.32. The number of phenols is 1. The Bertz CT molecular complexity index is 2020. The molecule has 0 aliphatic carbocycles. The number of azo groups is 1. The minimum atomic E-state index is -5.32. The van der Waals surface area contributed by atoms with Crippen molar-refractivity contribution in [1.29, 1.82) is 0 Å². The summed E-state index contributed by atoms with van der Waals surface area (Å²) < 4.78 is 95.1. The summed E-state index contributed by atoms with van der Waals surface area (Å²) >= 11 is 0. The van der Waals surface area contributed by atoms with Gasteiger partial charge in [0.1, 0.15) is 15.5 Å². The summed E-state index contributed by atoms with van der Waals surface area (Å²) in [6.45, 7) is -1.14. The fraction of sp³-hybridized carbons (Fsp3) is 0.0800. The highest BCUT2D eigenvalue weighted by Crippen LogP contribution is 2.44. The maximum Gasteiger partial charge on any atom is 0.397 e. The fourth-order valence-electron chi connectivity index (χ4n) is 3.85. The van der Waals surface area contributed by atoms with Gasteiger partial charge < -0.3 is 10.4 Å². The molecule has 0 fully saturated rings. The molecule has 0 aromatic heterocycles. The van der Waals surface area contributed by atoms with Crippen LogP contribution in [0, 0.1) is 0 Å². The third-order valence-corrected chi connectivity index (χ3v) is 8.82. The summed E-state index contributed by atoms with van der Waals surface area (Å²) in [6.07, 6.45) is 0. The van der Waals surface area contributed by atoms with E-state index in [2.05, 4.69) is 19.7 Å². The van der Waals surface area contributed by atoms with Crippen molar-refractivity contribution < 1.29 is 48.4 Å². The van der Waals surface area contributed by atoms with Crippen LogP contribution in [0.1, 0.15) is 10.4 Å². The largest absolute Gasteiger partial charge is 0.506 e. The van der Waals surface area contributed by atoms with Gasteiger partial charge in [-0.05, 0) is 47.9 Å². The number of nitrogens with one attached hydrogen (secondary N) is 1. The Kier molecular flexibility index (Phi) is 8.71. The van der Waals surface area contributed by atoms with Crippen LogP contribution in [0.25, 0.3) is 10.8 Å². The van der Waals surface area contributed by atoms with Crippen LogP contribution in [0.4, 0.5) is 17.1 Å². The number of carbonyl (C=O) groups excluding carboxylic acids is 1. The predicted octanol–water partition coefficient (Wildman–Crippen LogP) is 4.05. The molecule has 4 aromatic rings. The Morgan fingerprint density at radius 2 is 1.45 bits per heavy atom. The van der Waals surface area contributed by atoms with Crippen LogP contribution in [0.2, 0.25) is 0 Å². The Morgan fingerprint density at radius 3 is 2.05 bits per heavy atom. The minimum Gasteiger partial charge on any atom is -0.506 e. The van der Waals surface area contributed by atoms with Crippen molar-refractivity contribution in [3.63, 3.8) is 0 Å². The highest BCUT2D eigenvalue weighted by molar-refractivity contribution is 7.93. The number of anilines is 1. The van der Waals surface area contributed by atoms with Crippen molar-refractivity contribution >= 4 is 64.1 Å². The molecule has 17 heteroatoms. The number of carbonyl (C=O) groups is 1. The molecule has 0 bridgehead atoms. The van der Waals surface area contributed by atoms with Crippen LogP contribution in [-0.2, 0) is 34.5 Å². The van der Waals surface area contributed by atoms with Crippen LogP contribution in [0.3, 0.4) is 0 Å². The summed E-state index contributed by atoms with van der Waals surface area (Å²) in [4.78, 5) is 10.3. The van der Waals surface area contributed by atoms with Crippen molar-refractivity contribution in [3.8, 4) is 5.75 Å².